The van der Waals surface area contributed by atoms with Gasteiger partial charge < -0.3 is 14.2 Å². The highest BCUT2D eigenvalue weighted by Gasteiger charge is 2.49. The fourth-order valence-electron chi connectivity index (χ4n) is 3.11. The molecule has 2 amide bonds. The van der Waals surface area contributed by atoms with Crippen LogP contribution in [0.2, 0.25) is 0 Å². The number of nitrogens with zero attached hydrogens (tertiary/aromatic N) is 1. The van der Waals surface area contributed by atoms with Crippen LogP contribution in [0.5, 0.6) is 0 Å². The molecule has 144 valence electrons. The van der Waals surface area contributed by atoms with Gasteiger partial charge in [0.1, 0.15) is 0 Å². The molecular formula is C18H26NO6P. The van der Waals surface area contributed by atoms with Crippen molar-refractivity contribution in [2.75, 3.05) is 13.2 Å². The summed E-state index contributed by atoms with van der Waals surface area (Å²) in [5.74, 6) is -2.59. The molecule has 1 heterocycles. The number of benzene rings is 1. The Balaban J connectivity index is 2.44. The highest BCUT2D eigenvalue weighted by Crippen LogP contribution is 2.54. The van der Waals surface area contributed by atoms with Gasteiger partial charge in [0.15, 0.2) is 5.85 Å². The Bertz CT molecular complexity index is 674. The summed E-state index contributed by atoms with van der Waals surface area (Å²) < 4.78 is 23.5. The lowest BCUT2D eigenvalue weighted by atomic mass is 10.0. The van der Waals surface area contributed by atoms with Gasteiger partial charge in [0.05, 0.1) is 30.4 Å². The van der Waals surface area contributed by atoms with Crippen LogP contribution in [0.15, 0.2) is 24.3 Å². The van der Waals surface area contributed by atoms with E-state index in [2.05, 4.69) is 0 Å². The number of hydrogen-bond donors (Lipinski definition) is 1. The van der Waals surface area contributed by atoms with Gasteiger partial charge in [0.25, 0.3) is 11.8 Å². The Morgan fingerprint density at radius 2 is 1.50 bits per heavy atom. The second kappa shape index (κ2) is 8.44. The van der Waals surface area contributed by atoms with Gasteiger partial charge in [-0.2, -0.15) is 0 Å². The largest absolute Gasteiger partial charge is 0.379 e. The van der Waals surface area contributed by atoms with Crippen molar-refractivity contribution in [3.05, 3.63) is 35.4 Å². The lowest BCUT2D eigenvalue weighted by molar-refractivity contribution is 0.0374. The van der Waals surface area contributed by atoms with Gasteiger partial charge in [-0.15, -0.1) is 0 Å². The molecule has 0 fully saturated rings. The average Bonchev–Trinajstić information content (AvgIpc) is 2.84. The SMILES string of the molecule is CCOP(=O)(OCC)[C@H](O)[C@H](CC(C)C)N1C(=O)c2ccccc2C1=O. The lowest BCUT2D eigenvalue weighted by Crippen LogP contribution is -2.48. The number of rotatable bonds is 9. The Morgan fingerprint density at radius 1 is 1.04 bits per heavy atom. The molecule has 0 bridgehead atoms. The zero-order valence-electron chi connectivity index (χ0n) is 15.5. The number of carbonyl (C=O) groups excluding carboxylic acids is 2. The zero-order chi connectivity index (χ0) is 19.5. The third-order valence-corrected chi connectivity index (χ3v) is 6.38. The van der Waals surface area contributed by atoms with Crippen LogP contribution in [0.3, 0.4) is 0 Å². The summed E-state index contributed by atoms with van der Waals surface area (Å²) in [7, 11) is -3.91. The molecule has 1 aromatic rings. The van der Waals surface area contributed by atoms with Crippen molar-refractivity contribution in [3.63, 3.8) is 0 Å². The summed E-state index contributed by atoms with van der Waals surface area (Å²) >= 11 is 0. The van der Waals surface area contributed by atoms with Gasteiger partial charge >= 0.3 is 7.60 Å². The van der Waals surface area contributed by atoms with Crippen LogP contribution in [0, 0.1) is 5.92 Å². The van der Waals surface area contributed by atoms with E-state index in [0.717, 1.165) is 4.90 Å². The maximum absolute atomic E-state index is 13.0. The summed E-state index contributed by atoms with van der Waals surface area (Å²) in [6, 6.07) is 5.48. The number of aliphatic hydroxyl groups excluding tert-OH is 1. The molecule has 0 aliphatic carbocycles. The molecule has 0 radical (unpaired) electrons. The molecule has 0 saturated carbocycles. The van der Waals surface area contributed by atoms with E-state index in [1.165, 1.54) is 0 Å². The standard InChI is InChI=1S/C18H26NO6P/c1-5-24-26(23,25-6-2)18(22)15(11-12(3)4)19-16(20)13-9-7-8-10-14(13)17(19)21/h7-10,12,15,18,22H,5-6,11H2,1-4H3/t15-,18-/m0/s1. The molecule has 7 nitrogen and oxygen atoms in total. The van der Waals surface area contributed by atoms with Crippen molar-refractivity contribution in [3.8, 4) is 0 Å². The topological polar surface area (TPSA) is 93.1 Å². The van der Waals surface area contributed by atoms with E-state index in [1.54, 1.807) is 38.1 Å². The number of imide groups is 1. The summed E-state index contributed by atoms with van der Waals surface area (Å²) in [5, 5.41) is 10.9. The van der Waals surface area contributed by atoms with E-state index in [0.29, 0.717) is 0 Å². The monoisotopic (exact) mass is 383 g/mol. The molecule has 1 aromatic carbocycles. The van der Waals surface area contributed by atoms with Crippen molar-refractivity contribution >= 4 is 19.4 Å². The molecule has 2 atom stereocenters. The smallest absolute Gasteiger partial charge is 0.361 e. The van der Waals surface area contributed by atoms with E-state index in [1.807, 2.05) is 13.8 Å². The maximum atomic E-state index is 13.0. The number of hydrogen-bond acceptors (Lipinski definition) is 6. The van der Waals surface area contributed by atoms with E-state index < -0.39 is 31.3 Å². The van der Waals surface area contributed by atoms with Gasteiger partial charge in [0, 0.05) is 0 Å². The van der Waals surface area contributed by atoms with Gasteiger partial charge in [-0.1, -0.05) is 26.0 Å². The highest BCUT2D eigenvalue weighted by molar-refractivity contribution is 7.54. The van der Waals surface area contributed by atoms with Crippen LogP contribution < -0.4 is 0 Å². The quantitative estimate of drug-likeness (QED) is 0.520. The predicted octanol–water partition coefficient (Wildman–Crippen LogP) is 3.28. The molecule has 1 aliphatic heterocycles. The van der Waals surface area contributed by atoms with Crippen molar-refractivity contribution in [1.29, 1.82) is 0 Å². The van der Waals surface area contributed by atoms with Gasteiger partial charge in [-0.25, -0.2) is 0 Å². The van der Waals surface area contributed by atoms with Crippen molar-refractivity contribution in [2.24, 2.45) is 5.92 Å². The number of aliphatic hydroxyl groups is 1. The third kappa shape index (κ3) is 3.91. The molecule has 26 heavy (non-hydrogen) atoms. The van der Waals surface area contributed by atoms with Gasteiger partial charge in [0.2, 0.25) is 0 Å². The minimum atomic E-state index is -3.91. The van der Waals surface area contributed by atoms with Crippen LogP contribution in [0.25, 0.3) is 0 Å². The minimum absolute atomic E-state index is 0.0377. The van der Waals surface area contributed by atoms with Gasteiger partial charge in [-0.05, 0) is 38.3 Å². The molecule has 0 unspecified atom stereocenters. The molecule has 1 aliphatic rings. The molecule has 8 heteroatoms. The van der Waals surface area contributed by atoms with E-state index >= 15 is 0 Å². The summed E-state index contributed by atoms with van der Waals surface area (Å²) in [6.45, 7) is 7.21. The Kier molecular flexibility index (Phi) is 6.74. The second-order valence-corrected chi connectivity index (χ2v) is 8.64. The first kappa shape index (κ1) is 20.8. The summed E-state index contributed by atoms with van der Waals surface area (Å²) in [6.07, 6.45) is 0.275. The molecule has 0 spiro atoms. The van der Waals surface area contributed by atoms with Crippen LogP contribution in [-0.4, -0.2) is 46.9 Å². The number of carbonyl (C=O) groups is 2. The maximum Gasteiger partial charge on any atom is 0.361 e. The minimum Gasteiger partial charge on any atom is -0.379 e. The second-order valence-electron chi connectivity index (χ2n) is 6.51. The lowest BCUT2D eigenvalue weighted by Gasteiger charge is -2.34. The molecule has 0 aromatic heterocycles. The average molecular weight is 383 g/mol. The first-order chi connectivity index (χ1) is 12.3. The Hall–Kier alpha value is -1.53. The molecule has 2 rings (SSSR count). The summed E-state index contributed by atoms with van der Waals surface area (Å²) in [5.41, 5.74) is 0.558. The van der Waals surface area contributed by atoms with Crippen molar-refractivity contribution in [1.82, 2.24) is 4.90 Å². The van der Waals surface area contributed by atoms with Crippen LogP contribution in [0.1, 0.15) is 54.8 Å². The van der Waals surface area contributed by atoms with Crippen molar-refractivity contribution < 1.29 is 28.3 Å². The fourth-order valence-corrected chi connectivity index (χ4v) is 4.89. The van der Waals surface area contributed by atoms with Crippen LogP contribution in [-0.2, 0) is 13.6 Å². The number of amides is 2. The fraction of sp³-hybridized carbons (Fsp3) is 0.556. The molecule has 1 N–H and O–H groups in total. The molecular weight excluding hydrogens is 357 g/mol. The normalized spacial score (nSPS) is 16.9. The number of fused-ring (bicyclic) bond motifs is 1. The Morgan fingerprint density at radius 3 is 1.88 bits per heavy atom. The van der Waals surface area contributed by atoms with Crippen LogP contribution in [0.4, 0.5) is 0 Å². The first-order valence-electron chi connectivity index (χ1n) is 8.80. The zero-order valence-corrected chi connectivity index (χ0v) is 16.4. The third-order valence-electron chi connectivity index (χ3n) is 4.16. The predicted molar refractivity (Wildman–Crippen MR) is 97.1 cm³/mol. The van der Waals surface area contributed by atoms with E-state index in [4.69, 9.17) is 9.05 Å². The highest BCUT2D eigenvalue weighted by atomic mass is 31.2. The van der Waals surface area contributed by atoms with Crippen molar-refractivity contribution in [2.45, 2.75) is 46.0 Å². The van der Waals surface area contributed by atoms with Gasteiger partial charge in [-0.3, -0.25) is 19.1 Å². The van der Waals surface area contributed by atoms with Crippen LogP contribution >= 0.6 is 7.60 Å². The van der Waals surface area contributed by atoms with E-state index in [-0.39, 0.29) is 36.7 Å². The Labute approximate surface area is 153 Å². The molecule has 0 saturated heterocycles. The summed E-state index contributed by atoms with van der Waals surface area (Å²) in [4.78, 5) is 26.6. The first-order valence-corrected chi connectivity index (χ1v) is 10.4. The van der Waals surface area contributed by atoms with E-state index in [9.17, 15) is 19.3 Å².